The van der Waals surface area contributed by atoms with Crippen LogP contribution in [0.5, 0.6) is 0 Å². The van der Waals surface area contributed by atoms with Gasteiger partial charge in [-0.3, -0.25) is 4.79 Å². The highest BCUT2D eigenvalue weighted by Gasteiger charge is 2.59. The number of carbonyl (C=O) groups excluding carboxylic acids is 1. The number of hydrogen-bond acceptors (Lipinski definition) is 2. The van der Waals surface area contributed by atoms with E-state index in [1.54, 1.807) is 0 Å². The van der Waals surface area contributed by atoms with E-state index in [9.17, 15) is 4.79 Å². The van der Waals surface area contributed by atoms with Gasteiger partial charge in [-0.1, -0.05) is 36.4 Å². The van der Waals surface area contributed by atoms with Gasteiger partial charge in [0.15, 0.2) is 0 Å². The van der Waals surface area contributed by atoms with Crippen molar-refractivity contribution in [3.05, 3.63) is 65.2 Å². The molecule has 2 unspecified atom stereocenters. The Morgan fingerprint density at radius 1 is 1.17 bits per heavy atom. The van der Waals surface area contributed by atoms with Crippen molar-refractivity contribution in [2.45, 2.75) is 37.5 Å². The number of anilines is 1. The van der Waals surface area contributed by atoms with E-state index in [0.29, 0.717) is 6.54 Å². The minimum atomic E-state index is 0.125. The molecule has 24 heavy (non-hydrogen) atoms. The van der Waals surface area contributed by atoms with Gasteiger partial charge in [0.05, 0.1) is 0 Å². The molecule has 2 aromatic rings. The molecule has 1 fully saturated rings. The molecule has 0 bridgehead atoms. The van der Waals surface area contributed by atoms with E-state index in [1.165, 1.54) is 23.1 Å². The summed E-state index contributed by atoms with van der Waals surface area (Å²) in [4.78, 5) is 12.6. The van der Waals surface area contributed by atoms with Crippen molar-refractivity contribution < 1.29 is 4.79 Å². The molecule has 3 N–H and O–H groups in total. The van der Waals surface area contributed by atoms with Crippen LogP contribution >= 0.6 is 0 Å². The summed E-state index contributed by atoms with van der Waals surface area (Å²) in [5.74, 6) is 0.382. The van der Waals surface area contributed by atoms with E-state index in [4.69, 9.17) is 5.73 Å². The maximum absolute atomic E-state index is 12.6. The molecule has 0 saturated heterocycles. The fourth-order valence-electron chi connectivity index (χ4n) is 4.31. The SMILES string of the molecule is Nc1ccc(CCNC(=O)C2CC23CCCc2ccccc23)cc1. The van der Waals surface area contributed by atoms with Gasteiger partial charge in [0.1, 0.15) is 0 Å². The Hall–Kier alpha value is -2.29. The lowest BCUT2D eigenvalue weighted by molar-refractivity contribution is -0.122. The van der Waals surface area contributed by atoms with E-state index in [1.807, 2.05) is 24.3 Å². The Kier molecular flexibility index (Phi) is 3.79. The average molecular weight is 320 g/mol. The van der Waals surface area contributed by atoms with Crippen molar-refractivity contribution >= 4 is 11.6 Å². The van der Waals surface area contributed by atoms with E-state index >= 15 is 0 Å². The summed E-state index contributed by atoms with van der Waals surface area (Å²) in [6.07, 6.45) is 5.37. The number of amides is 1. The lowest BCUT2D eigenvalue weighted by Gasteiger charge is -2.26. The largest absolute Gasteiger partial charge is 0.399 e. The highest BCUT2D eigenvalue weighted by atomic mass is 16.2. The summed E-state index contributed by atoms with van der Waals surface area (Å²) in [6.45, 7) is 0.691. The first-order valence-electron chi connectivity index (χ1n) is 8.89. The molecular formula is C21H24N2O. The Morgan fingerprint density at radius 3 is 2.79 bits per heavy atom. The highest BCUT2D eigenvalue weighted by molar-refractivity contribution is 5.84. The molecule has 1 saturated carbocycles. The zero-order chi connectivity index (χ0) is 16.6. The van der Waals surface area contributed by atoms with E-state index < -0.39 is 0 Å². The van der Waals surface area contributed by atoms with Gasteiger partial charge in [0, 0.05) is 23.6 Å². The molecule has 0 aliphatic heterocycles. The van der Waals surface area contributed by atoms with Gasteiger partial charge < -0.3 is 11.1 Å². The third kappa shape index (κ3) is 2.68. The number of nitrogens with one attached hydrogen (secondary N) is 1. The second-order valence-corrected chi connectivity index (χ2v) is 7.21. The van der Waals surface area contributed by atoms with Gasteiger partial charge in [-0.05, 0) is 60.9 Å². The number of nitrogens with two attached hydrogens (primary N) is 1. The van der Waals surface area contributed by atoms with Crippen molar-refractivity contribution in [1.82, 2.24) is 5.32 Å². The molecule has 1 amide bonds. The minimum absolute atomic E-state index is 0.125. The fraction of sp³-hybridized carbons (Fsp3) is 0.381. The summed E-state index contributed by atoms with van der Waals surface area (Å²) >= 11 is 0. The zero-order valence-corrected chi connectivity index (χ0v) is 13.9. The van der Waals surface area contributed by atoms with Crippen LogP contribution in [0, 0.1) is 5.92 Å². The van der Waals surface area contributed by atoms with Crippen LogP contribution in [-0.2, 0) is 23.1 Å². The van der Waals surface area contributed by atoms with Crippen molar-refractivity contribution in [3.8, 4) is 0 Å². The third-order valence-corrected chi connectivity index (χ3v) is 5.71. The molecule has 3 heteroatoms. The van der Waals surface area contributed by atoms with Gasteiger partial charge in [-0.25, -0.2) is 0 Å². The number of rotatable bonds is 4. The lowest BCUT2D eigenvalue weighted by Crippen LogP contribution is -2.31. The second kappa shape index (κ2) is 5.97. The summed E-state index contributed by atoms with van der Waals surface area (Å²) in [7, 11) is 0. The standard InChI is InChI=1S/C21H24N2O/c22-17-9-7-15(8-10-17)11-13-23-20(24)19-14-21(19)12-3-5-16-4-1-2-6-18(16)21/h1-2,4,6-10,19H,3,5,11-14,22H2,(H,23,24). The monoisotopic (exact) mass is 320 g/mol. The predicted octanol–water partition coefficient (Wildman–Crippen LogP) is 3.22. The number of hydrogen-bond donors (Lipinski definition) is 2. The zero-order valence-electron chi connectivity index (χ0n) is 13.9. The van der Waals surface area contributed by atoms with Crippen LogP contribution in [0.4, 0.5) is 5.69 Å². The van der Waals surface area contributed by atoms with Gasteiger partial charge in [0.2, 0.25) is 5.91 Å². The van der Waals surface area contributed by atoms with Crippen LogP contribution < -0.4 is 11.1 Å². The van der Waals surface area contributed by atoms with Crippen molar-refractivity contribution in [3.63, 3.8) is 0 Å². The number of nitrogen functional groups attached to an aromatic ring is 1. The van der Waals surface area contributed by atoms with Crippen molar-refractivity contribution in [1.29, 1.82) is 0 Å². The summed E-state index contributed by atoms with van der Waals surface area (Å²) in [5, 5.41) is 3.14. The Labute approximate surface area is 143 Å². The van der Waals surface area contributed by atoms with Crippen LogP contribution in [0.3, 0.4) is 0 Å². The Bertz CT molecular complexity index is 753. The first kappa shape index (κ1) is 15.3. The molecule has 0 radical (unpaired) electrons. The molecular weight excluding hydrogens is 296 g/mol. The van der Waals surface area contributed by atoms with E-state index in [-0.39, 0.29) is 17.2 Å². The summed E-state index contributed by atoms with van der Waals surface area (Å²) in [5.41, 5.74) is 10.7. The quantitative estimate of drug-likeness (QED) is 0.850. The molecule has 1 spiro atoms. The maximum atomic E-state index is 12.6. The molecule has 3 nitrogen and oxygen atoms in total. The summed E-state index contributed by atoms with van der Waals surface area (Å²) < 4.78 is 0. The van der Waals surface area contributed by atoms with Crippen LogP contribution in [0.25, 0.3) is 0 Å². The van der Waals surface area contributed by atoms with Crippen molar-refractivity contribution in [2.24, 2.45) is 5.92 Å². The normalized spacial score (nSPS) is 24.4. The van der Waals surface area contributed by atoms with Gasteiger partial charge in [0.25, 0.3) is 0 Å². The Morgan fingerprint density at radius 2 is 1.96 bits per heavy atom. The average Bonchev–Trinajstić information content (AvgIpc) is 3.32. The number of aryl methyl sites for hydroxylation is 1. The minimum Gasteiger partial charge on any atom is -0.399 e. The Balaban J connectivity index is 1.37. The van der Waals surface area contributed by atoms with Gasteiger partial charge in [-0.2, -0.15) is 0 Å². The first-order valence-corrected chi connectivity index (χ1v) is 8.89. The maximum Gasteiger partial charge on any atom is 0.224 e. The molecule has 0 heterocycles. The molecule has 2 atom stereocenters. The lowest BCUT2D eigenvalue weighted by atomic mass is 9.78. The van der Waals surface area contributed by atoms with E-state index in [2.05, 4.69) is 29.6 Å². The van der Waals surface area contributed by atoms with Crippen LogP contribution in [0.1, 0.15) is 36.0 Å². The molecule has 124 valence electrons. The topological polar surface area (TPSA) is 55.1 Å². The van der Waals surface area contributed by atoms with E-state index in [0.717, 1.165) is 31.4 Å². The number of carbonyl (C=O) groups is 1. The molecule has 4 rings (SSSR count). The van der Waals surface area contributed by atoms with Crippen LogP contribution in [0.2, 0.25) is 0 Å². The fourth-order valence-corrected chi connectivity index (χ4v) is 4.31. The second-order valence-electron chi connectivity index (χ2n) is 7.21. The molecule has 2 aliphatic rings. The predicted molar refractivity (Wildman–Crippen MR) is 96.7 cm³/mol. The molecule has 2 aliphatic carbocycles. The summed E-state index contributed by atoms with van der Waals surface area (Å²) in [6, 6.07) is 16.6. The first-order chi connectivity index (χ1) is 11.7. The highest BCUT2D eigenvalue weighted by Crippen LogP contribution is 2.60. The third-order valence-electron chi connectivity index (χ3n) is 5.71. The molecule has 2 aromatic carbocycles. The van der Waals surface area contributed by atoms with Gasteiger partial charge in [-0.15, -0.1) is 0 Å². The van der Waals surface area contributed by atoms with Crippen molar-refractivity contribution in [2.75, 3.05) is 12.3 Å². The van der Waals surface area contributed by atoms with Gasteiger partial charge >= 0.3 is 0 Å². The van der Waals surface area contributed by atoms with Crippen LogP contribution in [0.15, 0.2) is 48.5 Å². The number of benzene rings is 2. The smallest absolute Gasteiger partial charge is 0.224 e. The molecule has 0 aromatic heterocycles. The van der Waals surface area contributed by atoms with Crippen LogP contribution in [-0.4, -0.2) is 12.5 Å². The number of fused-ring (bicyclic) bond motifs is 2.